The SMILES string of the molecule is CC.CC.CC.Cc1ccc(Oc2ccccc2)cc1. The molecule has 0 unspecified atom stereocenters. The molecule has 0 aromatic heterocycles. The van der Waals surface area contributed by atoms with E-state index in [-0.39, 0.29) is 0 Å². The fourth-order valence-electron chi connectivity index (χ4n) is 1.23. The van der Waals surface area contributed by atoms with Crippen molar-refractivity contribution in [3.05, 3.63) is 60.2 Å². The Bertz CT molecular complexity index is 390. The lowest BCUT2D eigenvalue weighted by Gasteiger charge is -2.04. The molecule has 0 fully saturated rings. The van der Waals surface area contributed by atoms with Crippen molar-refractivity contribution >= 4 is 0 Å². The minimum atomic E-state index is 0.872. The van der Waals surface area contributed by atoms with E-state index >= 15 is 0 Å². The lowest BCUT2D eigenvalue weighted by Crippen LogP contribution is -1.82. The molecular formula is C19H30O. The second-order valence-electron chi connectivity index (χ2n) is 3.23. The summed E-state index contributed by atoms with van der Waals surface area (Å²) in [6.45, 7) is 14.1. The molecule has 0 saturated heterocycles. The molecular weight excluding hydrogens is 244 g/mol. The van der Waals surface area contributed by atoms with E-state index in [1.165, 1.54) is 5.56 Å². The maximum absolute atomic E-state index is 5.63. The minimum Gasteiger partial charge on any atom is -0.457 e. The van der Waals surface area contributed by atoms with Crippen molar-refractivity contribution in [2.24, 2.45) is 0 Å². The van der Waals surface area contributed by atoms with Crippen molar-refractivity contribution in [2.45, 2.75) is 48.5 Å². The highest BCUT2D eigenvalue weighted by atomic mass is 16.5. The predicted octanol–water partition coefficient (Wildman–Crippen LogP) is 6.87. The minimum absolute atomic E-state index is 0.872. The summed E-state index contributed by atoms with van der Waals surface area (Å²) in [5.74, 6) is 1.75. The van der Waals surface area contributed by atoms with Crippen LogP contribution in [0.25, 0.3) is 0 Å². The summed E-state index contributed by atoms with van der Waals surface area (Å²) < 4.78 is 5.63. The van der Waals surface area contributed by atoms with Gasteiger partial charge in [0, 0.05) is 0 Å². The molecule has 2 rings (SSSR count). The summed E-state index contributed by atoms with van der Waals surface area (Å²) in [7, 11) is 0. The van der Waals surface area contributed by atoms with Gasteiger partial charge in [0.05, 0.1) is 0 Å². The molecule has 0 heterocycles. The molecule has 0 amide bonds. The normalized spacial score (nSPS) is 7.75. The monoisotopic (exact) mass is 274 g/mol. The van der Waals surface area contributed by atoms with Gasteiger partial charge in [0.1, 0.15) is 11.5 Å². The van der Waals surface area contributed by atoms with E-state index in [4.69, 9.17) is 4.74 Å². The van der Waals surface area contributed by atoms with E-state index in [0.29, 0.717) is 0 Å². The van der Waals surface area contributed by atoms with Crippen LogP contribution in [0.4, 0.5) is 0 Å². The summed E-state index contributed by atoms with van der Waals surface area (Å²) >= 11 is 0. The molecule has 1 nitrogen and oxygen atoms in total. The van der Waals surface area contributed by atoms with Crippen molar-refractivity contribution in [3.8, 4) is 11.5 Å². The zero-order valence-electron chi connectivity index (χ0n) is 14.1. The van der Waals surface area contributed by atoms with Crippen LogP contribution < -0.4 is 4.74 Å². The lowest BCUT2D eigenvalue weighted by molar-refractivity contribution is 0.482. The lowest BCUT2D eigenvalue weighted by atomic mass is 10.2. The Morgan fingerprint density at radius 2 is 0.950 bits per heavy atom. The average Bonchev–Trinajstić information content (AvgIpc) is 2.56. The second kappa shape index (κ2) is 15.3. The molecule has 0 spiro atoms. The Morgan fingerprint density at radius 3 is 1.40 bits per heavy atom. The van der Waals surface area contributed by atoms with Crippen molar-refractivity contribution in [2.75, 3.05) is 0 Å². The summed E-state index contributed by atoms with van der Waals surface area (Å²) in [5, 5.41) is 0. The van der Waals surface area contributed by atoms with Crippen LogP contribution in [0.1, 0.15) is 47.1 Å². The second-order valence-corrected chi connectivity index (χ2v) is 3.23. The molecule has 0 atom stereocenters. The standard InChI is InChI=1S/C13H12O.3C2H6/c1-11-7-9-13(10-8-11)14-12-5-3-2-4-6-12;3*1-2/h2-10H,1H3;3*1-2H3. The van der Waals surface area contributed by atoms with Gasteiger partial charge in [-0.3, -0.25) is 0 Å². The molecule has 1 heteroatoms. The number of aryl methyl sites for hydroxylation is 1. The Labute approximate surface area is 125 Å². The first-order chi connectivity index (χ1) is 9.84. The molecule has 0 bridgehead atoms. The third kappa shape index (κ3) is 9.21. The number of hydrogen-bond donors (Lipinski definition) is 0. The molecule has 0 aliphatic carbocycles. The highest BCUT2D eigenvalue weighted by molar-refractivity contribution is 5.32. The van der Waals surface area contributed by atoms with Crippen LogP contribution in [-0.2, 0) is 0 Å². The van der Waals surface area contributed by atoms with Gasteiger partial charge in [-0.1, -0.05) is 77.4 Å². The van der Waals surface area contributed by atoms with E-state index in [2.05, 4.69) is 6.92 Å². The number of benzene rings is 2. The van der Waals surface area contributed by atoms with Crippen molar-refractivity contribution in [1.29, 1.82) is 0 Å². The molecule has 0 aliphatic heterocycles. The smallest absolute Gasteiger partial charge is 0.127 e. The Balaban J connectivity index is 0. The van der Waals surface area contributed by atoms with Gasteiger partial charge in [0.25, 0.3) is 0 Å². The first kappa shape index (κ1) is 20.6. The van der Waals surface area contributed by atoms with Crippen LogP contribution in [0.5, 0.6) is 11.5 Å². The first-order valence-corrected chi connectivity index (χ1v) is 7.64. The third-order valence-corrected chi connectivity index (χ3v) is 2.00. The maximum atomic E-state index is 5.63. The zero-order chi connectivity index (χ0) is 15.8. The summed E-state index contributed by atoms with van der Waals surface area (Å²) in [5.41, 5.74) is 1.24. The topological polar surface area (TPSA) is 9.23 Å². The van der Waals surface area contributed by atoms with Crippen LogP contribution >= 0.6 is 0 Å². The van der Waals surface area contributed by atoms with Gasteiger partial charge < -0.3 is 4.74 Å². The predicted molar refractivity (Wildman–Crippen MR) is 91.7 cm³/mol. The summed E-state index contributed by atoms with van der Waals surface area (Å²) in [6, 6.07) is 17.8. The summed E-state index contributed by atoms with van der Waals surface area (Å²) in [6.07, 6.45) is 0. The average molecular weight is 274 g/mol. The summed E-state index contributed by atoms with van der Waals surface area (Å²) in [4.78, 5) is 0. The Morgan fingerprint density at radius 1 is 0.550 bits per heavy atom. The van der Waals surface area contributed by atoms with Crippen LogP contribution in [0.2, 0.25) is 0 Å². The van der Waals surface area contributed by atoms with Gasteiger partial charge in [-0.15, -0.1) is 0 Å². The van der Waals surface area contributed by atoms with Gasteiger partial charge in [-0.25, -0.2) is 0 Å². The fraction of sp³-hybridized carbons (Fsp3) is 0.368. The number of hydrogen-bond acceptors (Lipinski definition) is 1. The third-order valence-electron chi connectivity index (χ3n) is 2.00. The fourth-order valence-corrected chi connectivity index (χ4v) is 1.23. The van der Waals surface area contributed by atoms with E-state index in [1.54, 1.807) is 0 Å². The van der Waals surface area contributed by atoms with Crippen LogP contribution in [0.3, 0.4) is 0 Å². The maximum Gasteiger partial charge on any atom is 0.127 e. The molecule has 20 heavy (non-hydrogen) atoms. The van der Waals surface area contributed by atoms with Crippen LogP contribution in [-0.4, -0.2) is 0 Å². The molecule has 2 aromatic carbocycles. The van der Waals surface area contributed by atoms with Gasteiger partial charge in [0.2, 0.25) is 0 Å². The first-order valence-electron chi connectivity index (χ1n) is 7.64. The van der Waals surface area contributed by atoms with Crippen molar-refractivity contribution < 1.29 is 4.74 Å². The van der Waals surface area contributed by atoms with Gasteiger partial charge >= 0.3 is 0 Å². The van der Waals surface area contributed by atoms with Gasteiger partial charge in [-0.2, -0.15) is 0 Å². The van der Waals surface area contributed by atoms with Crippen LogP contribution in [0, 0.1) is 6.92 Å². The van der Waals surface area contributed by atoms with Crippen molar-refractivity contribution in [3.63, 3.8) is 0 Å². The van der Waals surface area contributed by atoms with E-state index in [0.717, 1.165) is 11.5 Å². The van der Waals surface area contributed by atoms with E-state index < -0.39 is 0 Å². The Kier molecular flexibility index (Phi) is 15.7. The molecule has 0 saturated carbocycles. The van der Waals surface area contributed by atoms with E-state index in [1.807, 2.05) is 96.1 Å². The Hall–Kier alpha value is -1.76. The zero-order valence-corrected chi connectivity index (χ0v) is 14.1. The highest BCUT2D eigenvalue weighted by Crippen LogP contribution is 2.20. The van der Waals surface area contributed by atoms with Gasteiger partial charge in [0.15, 0.2) is 0 Å². The molecule has 2 aromatic rings. The van der Waals surface area contributed by atoms with Crippen LogP contribution in [0.15, 0.2) is 54.6 Å². The molecule has 0 N–H and O–H groups in total. The van der Waals surface area contributed by atoms with Gasteiger partial charge in [-0.05, 0) is 31.2 Å². The number of ether oxygens (including phenoxy) is 1. The number of para-hydroxylation sites is 1. The molecule has 112 valence electrons. The number of rotatable bonds is 2. The molecule has 0 radical (unpaired) electrons. The van der Waals surface area contributed by atoms with Crippen molar-refractivity contribution in [1.82, 2.24) is 0 Å². The van der Waals surface area contributed by atoms with E-state index in [9.17, 15) is 0 Å². The largest absolute Gasteiger partial charge is 0.457 e. The molecule has 0 aliphatic rings. The highest BCUT2D eigenvalue weighted by Gasteiger charge is 1.94. The quantitative estimate of drug-likeness (QED) is 0.581.